The number of benzene rings is 1. The quantitative estimate of drug-likeness (QED) is 0.804. The summed E-state index contributed by atoms with van der Waals surface area (Å²) in [5, 5.41) is 3.35. The van der Waals surface area contributed by atoms with E-state index in [0.717, 1.165) is 30.4 Å². The number of halogens is 2. The van der Waals surface area contributed by atoms with E-state index in [1.165, 1.54) is 0 Å². The van der Waals surface area contributed by atoms with Gasteiger partial charge in [-0.25, -0.2) is 4.79 Å². The van der Waals surface area contributed by atoms with Crippen molar-refractivity contribution in [2.24, 2.45) is 0 Å². The van der Waals surface area contributed by atoms with Crippen molar-refractivity contribution in [2.45, 2.75) is 12.8 Å². The van der Waals surface area contributed by atoms with Gasteiger partial charge in [0, 0.05) is 43.7 Å². The van der Waals surface area contributed by atoms with Gasteiger partial charge in [-0.15, -0.1) is 0 Å². The molecule has 6 nitrogen and oxygen atoms in total. The fraction of sp³-hybridized carbons (Fsp3) is 0.529. The third-order valence-electron chi connectivity index (χ3n) is 4.65. The summed E-state index contributed by atoms with van der Waals surface area (Å²) in [4.78, 5) is 30.4. The van der Waals surface area contributed by atoms with Crippen molar-refractivity contribution in [1.82, 2.24) is 14.7 Å². The number of nitrogens with zero attached hydrogens (tertiary/aromatic N) is 3. The van der Waals surface area contributed by atoms with Crippen LogP contribution in [0, 0.1) is 0 Å². The topological polar surface area (TPSA) is 55.9 Å². The van der Waals surface area contributed by atoms with Crippen LogP contribution in [0.2, 0.25) is 5.02 Å². The molecule has 1 aromatic carbocycles. The number of carbonyl (C=O) groups is 2. The highest BCUT2D eigenvalue weighted by molar-refractivity contribution is 9.10. The van der Waals surface area contributed by atoms with E-state index < -0.39 is 0 Å². The monoisotopic (exact) mass is 428 g/mol. The Hall–Kier alpha value is -1.31. The second kappa shape index (κ2) is 8.38. The smallest absolute Gasteiger partial charge is 0.321 e. The molecule has 3 amide bonds. The van der Waals surface area contributed by atoms with Crippen LogP contribution in [-0.2, 0) is 4.79 Å². The summed E-state index contributed by atoms with van der Waals surface area (Å²) >= 11 is 9.49. The summed E-state index contributed by atoms with van der Waals surface area (Å²) in [5.41, 5.74) is 0.599. The minimum Gasteiger partial charge on any atom is -0.342 e. The number of urea groups is 1. The lowest BCUT2D eigenvalue weighted by atomic mass is 10.3. The van der Waals surface area contributed by atoms with Gasteiger partial charge >= 0.3 is 6.03 Å². The third-order valence-corrected chi connectivity index (χ3v) is 5.46. The van der Waals surface area contributed by atoms with Crippen molar-refractivity contribution < 1.29 is 9.59 Å². The molecule has 2 aliphatic rings. The van der Waals surface area contributed by atoms with E-state index in [1.54, 1.807) is 17.0 Å². The van der Waals surface area contributed by atoms with Gasteiger partial charge in [0.05, 0.1) is 17.3 Å². The van der Waals surface area contributed by atoms with Crippen molar-refractivity contribution >= 4 is 45.2 Å². The van der Waals surface area contributed by atoms with Crippen LogP contribution in [0.5, 0.6) is 0 Å². The molecular formula is C17H22BrClN4O2. The van der Waals surface area contributed by atoms with Crippen LogP contribution in [0.3, 0.4) is 0 Å². The number of amides is 3. The number of anilines is 1. The average molecular weight is 430 g/mol. The molecule has 0 unspecified atom stereocenters. The Kier molecular flexibility index (Phi) is 6.19. The maximum Gasteiger partial charge on any atom is 0.321 e. The standard InChI is InChI=1S/C17H22BrClN4O2/c18-13-3-4-15(14(19)11-13)20-17(25)23-9-7-21(8-10-23)12-16(24)22-5-1-2-6-22/h3-4,11H,1-2,5-10,12H2,(H,20,25). The second-order valence-electron chi connectivity index (χ2n) is 6.41. The zero-order chi connectivity index (χ0) is 17.8. The van der Waals surface area contributed by atoms with Crippen molar-refractivity contribution in [2.75, 3.05) is 51.1 Å². The van der Waals surface area contributed by atoms with Gasteiger partial charge in [0.1, 0.15) is 0 Å². The Morgan fingerprint density at radius 1 is 1.04 bits per heavy atom. The maximum absolute atomic E-state index is 12.4. The number of hydrogen-bond acceptors (Lipinski definition) is 3. The summed E-state index contributed by atoms with van der Waals surface area (Å²) in [7, 11) is 0. The predicted molar refractivity (Wildman–Crippen MR) is 102 cm³/mol. The Bertz CT molecular complexity index is 644. The summed E-state index contributed by atoms with van der Waals surface area (Å²) < 4.78 is 0.867. The number of nitrogens with one attached hydrogen (secondary N) is 1. The molecule has 0 radical (unpaired) electrons. The van der Waals surface area contributed by atoms with Crippen LogP contribution in [-0.4, -0.2) is 72.5 Å². The molecule has 25 heavy (non-hydrogen) atoms. The molecule has 0 bridgehead atoms. The van der Waals surface area contributed by atoms with Crippen LogP contribution in [0.25, 0.3) is 0 Å². The number of piperazine rings is 1. The molecule has 0 atom stereocenters. The normalized spacial score (nSPS) is 18.5. The Morgan fingerprint density at radius 3 is 2.36 bits per heavy atom. The van der Waals surface area contributed by atoms with Gasteiger partial charge < -0.3 is 15.1 Å². The van der Waals surface area contributed by atoms with E-state index in [4.69, 9.17) is 11.6 Å². The van der Waals surface area contributed by atoms with E-state index in [2.05, 4.69) is 26.1 Å². The highest BCUT2D eigenvalue weighted by atomic mass is 79.9. The van der Waals surface area contributed by atoms with Crippen molar-refractivity contribution in [3.63, 3.8) is 0 Å². The minimum atomic E-state index is -0.158. The summed E-state index contributed by atoms with van der Waals surface area (Å²) in [5.74, 6) is 0.206. The number of likely N-dealkylation sites (tertiary alicyclic amines) is 1. The molecule has 2 heterocycles. The molecule has 2 fully saturated rings. The molecule has 0 aliphatic carbocycles. The first-order valence-electron chi connectivity index (χ1n) is 8.54. The molecule has 3 rings (SSSR count). The summed E-state index contributed by atoms with van der Waals surface area (Å²) in [6.07, 6.45) is 2.22. The maximum atomic E-state index is 12.4. The molecule has 0 spiro atoms. The van der Waals surface area contributed by atoms with Crippen LogP contribution in [0.4, 0.5) is 10.5 Å². The van der Waals surface area contributed by atoms with Gasteiger partial charge in [0.15, 0.2) is 0 Å². The van der Waals surface area contributed by atoms with Gasteiger partial charge in [-0.2, -0.15) is 0 Å². The van der Waals surface area contributed by atoms with Gasteiger partial charge in [-0.05, 0) is 31.0 Å². The minimum absolute atomic E-state index is 0.158. The second-order valence-corrected chi connectivity index (χ2v) is 7.73. The lowest BCUT2D eigenvalue weighted by Gasteiger charge is -2.35. The Morgan fingerprint density at radius 2 is 1.72 bits per heavy atom. The SMILES string of the molecule is O=C(CN1CCN(C(=O)Nc2ccc(Br)cc2Cl)CC1)N1CCCC1. The number of hydrogen-bond donors (Lipinski definition) is 1. The van der Waals surface area contributed by atoms with Gasteiger partial charge in [-0.1, -0.05) is 27.5 Å². The molecule has 1 aromatic rings. The highest BCUT2D eigenvalue weighted by Gasteiger charge is 2.25. The number of carbonyl (C=O) groups excluding carboxylic acids is 2. The first-order chi connectivity index (χ1) is 12.0. The zero-order valence-corrected chi connectivity index (χ0v) is 16.4. The van der Waals surface area contributed by atoms with Gasteiger partial charge in [0.25, 0.3) is 0 Å². The van der Waals surface area contributed by atoms with Gasteiger partial charge in [-0.3, -0.25) is 9.69 Å². The molecule has 2 aliphatic heterocycles. The Labute approximate surface area is 161 Å². The predicted octanol–water partition coefficient (Wildman–Crippen LogP) is 2.87. The van der Waals surface area contributed by atoms with E-state index in [0.29, 0.717) is 43.4 Å². The Balaban J connectivity index is 1.46. The van der Waals surface area contributed by atoms with Crippen LogP contribution in [0.1, 0.15) is 12.8 Å². The molecule has 8 heteroatoms. The molecular weight excluding hydrogens is 408 g/mol. The average Bonchev–Trinajstić information content (AvgIpc) is 3.13. The molecule has 136 valence electrons. The molecule has 1 N–H and O–H groups in total. The molecule has 2 saturated heterocycles. The highest BCUT2D eigenvalue weighted by Crippen LogP contribution is 2.26. The van der Waals surface area contributed by atoms with Gasteiger partial charge in [0.2, 0.25) is 5.91 Å². The van der Waals surface area contributed by atoms with Crippen LogP contribution in [0.15, 0.2) is 22.7 Å². The summed E-state index contributed by atoms with van der Waals surface area (Å²) in [6, 6.07) is 5.20. The largest absolute Gasteiger partial charge is 0.342 e. The van der Waals surface area contributed by atoms with Crippen molar-refractivity contribution in [1.29, 1.82) is 0 Å². The first-order valence-corrected chi connectivity index (χ1v) is 9.71. The number of rotatable bonds is 3. The van der Waals surface area contributed by atoms with E-state index >= 15 is 0 Å². The van der Waals surface area contributed by atoms with E-state index in [1.807, 2.05) is 11.0 Å². The fourth-order valence-corrected chi connectivity index (χ4v) is 3.87. The van der Waals surface area contributed by atoms with Crippen molar-refractivity contribution in [3.8, 4) is 0 Å². The fourth-order valence-electron chi connectivity index (χ4n) is 3.15. The molecule has 0 saturated carbocycles. The van der Waals surface area contributed by atoms with Crippen molar-refractivity contribution in [3.05, 3.63) is 27.7 Å². The third kappa shape index (κ3) is 4.86. The molecule has 0 aromatic heterocycles. The first kappa shape index (κ1) is 18.5. The lowest BCUT2D eigenvalue weighted by Crippen LogP contribution is -2.52. The lowest BCUT2D eigenvalue weighted by molar-refractivity contribution is -0.131. The van der Waals surface area contributed by atoms with E-state index in [9.17, 15) is 9.59 Å². The zero-order valence-electron chi connectivity index (χ0n) is 14.0. The van der Waals surface area contributed by atoms with E-state index in [-0.39, 0.29) is 11.9 Å². The van der Waals surface area contributed by atoms with Crippen LogP contribution >= 0.6 is 27.5 Å². The van der Waals surface area contributed by atoms with Crippen LogP contribution < -0.4 is 5.32 Å². The summed E-state index contributed by atoms with van der Waals surface area (Å²) in [6.45, 7) is 4.85.